The fourth-order valence-corrected chi connectivity index (χ4v) is 6.51. The molecule has 1 aromatic heterocycles. The van der Waals surface area contributed by atoms with Crippen LogP contribution < -0.4 is 16.0 Å². The van der Waals surface area contributed by atoms with E-state index in [1.54, 1.807) is 11.3 Å². The number of piperidine rings is 1. The lowest BCUT2D eigenvalue weighted by Gasteiger charge is -2.35. The molecule has 0 bridgehead atoms. The zero-order valence-electron chi connectivity index (χ0n) is 26.0. The number of likely N-dealkylation sites (tertiary alicyclic amines) is 1. The smallest absolute Gasteiger partial charge is 0.246 e. The van der Waals surface area contributed by atoms with Crippen molar-refractivity contribution in [2.45, 2.75) is 97.1 Å². The van der Waals surface area contributed by atoms with E-state index in [9.17, 15) is 19.5 Å². The van der Waals surface area contributed by atoms with Crippen LogP contribution in [0.2, 0.25) is 0 Å². The first-order valence-corrected chi connectivity index (χ1v) is 16.2. The molecular weight excluding hydrogens is 566 g/mol. The standard InChI is InChI=1S/C32H47N5O5S/c1-20(22-8-10-23(11-9-22)28-21(2)34-19-43-28)35-30(40)26-17-24(38)18-37(26)31(41)29(32(3,4)5)36-27(39)7-6-16-42-25-12-14-33-15-13-25/h8-11,19-20,24-26,29,33,38H,6-7,12-18H2,1-5H3,(H,35,40)(H,36,39)/t20-,24+,26-,29+/m0/s1. The van der Waals surface area contributed by atoms with Gasteiger partial charge in [-0.05, 0) is 62.7 Å². The number of rotatable bonds is 11. The van der Waals surface area contributed by atoms with Crippen LogP contribution in [0.1, 0.15) is 77.1 Å². The molecule has 4 atom stereocenters. The number of benzene rings is 1. The number of hydrogen-bond acceptors (Lipinski definition) is 8. The summed E-state index contributed by atoms with van der Waals surface area (Å²) >= 11 is 1.59. The monoisotopic (exact) mass is 613 g/mol. The summed E-state index contributed by atoms with van der Waals surface area (Å²) in [5, 5.41) is 19.8. The maximum absolute atomic E-state index is 13.8. The second-order valence-corrected chi connectivity index (χ2v) is 13.7. The molecule has 3 amide bonds. The predicted molar refractivity (Wildman–Crippen MR) is 167 cm³/mol. The summed E-state index contributed by atoms with van der Waals surface area (Å²) in [6, 6.07) is 6.02. The number of nitrogens with one attached hydrogen (secondary N) is 3. The second kappa shape index (κ2) is 14.7. The van der Waals surface area contributed by atoms with Crippen molar-refractivity contribution in [2.75, 3.05) is 26.2 Å². The molecule has 0 aliphatic carbocycles. The maximum atomic E-state index is 13.8. The van der Waals surface area contributed by atoms with Crippen molar-refractivity contribution in [2.24, 2.45) is 5.41 Å². The van der Waals surface area contributed by atoms with Crippen molar-refractivity contribution in [3.63, 3.8) is 0 Å². The average molecular weight is 614 g/mol. The maximum Gasteiger partial charge on any atom is 0.246 e. The van der Waals surface area contributed by atoms with Crippen molar-refractivity contribution in [3.05, 3.63) is 41.0 Å². The van der Waals surface area contributed by atoms with Crippen LogP contribution in [-0.4, -0.2) is 83.2 Å². The number of aliphatic hydroxyl groups excluding tert-OH is 1. The van der Waals surface area contributed by atoms with Gasteiger partial charge in [0.05, 0.1) is 34.3 Å². The van der Waals surface area contributed by atoms with Gasteiger partial charge in [-0.15, -0.1) is 11.3 Å². The SMILES string of the molecule is Cc1ncsc1-c1ccc([C@H](C)NC(=O)[C@@H]2C[C@@H](O)CN2C(=O)[C@@H](NC(=O)CCCOC2CCNCC2)C(C)(C)C)cc1. The number of ether oxygens (including phenoxy) is 1. The Morgan fingerprint density at radius 1 is 1.16 bits per heavy atom. The zero-order chi connectivity index (χ0) is 31.1. The summed E-state index contributed by atoms with van der Waals surface area (Å²) in [6.07, 6.45) is 2.32. The van der Waals surface area contributed by atoms with Crippen LogP contribution in [0.4, 0.5) is 0 Å². The molecule has 4 rings (SSSR count). The molecule has 2 aliphatic heterocycles. The first kappa shape index (κ1) is 33.0. The molecule has 2 aliphatic rings. The minimum absolute atomic E-state index is 0.0424. The Hall–Kier alpha value is -2.86. The summed E-state index contributed by atoms with van der Waals surface area (Å²) < 4.78 is 5.91. The Balaban J connectivity index is 1.34. The molecule has 0 radical (unpaired) electrons. The fraction of sp³-hybridized carbons (Fsp3) is 0.625. The highest BCUT2D eigenvalue weighted by Gasteiger charge is 2.44. The Labute approximate surface area is 259 Å². The van der Waals surface area contributed by atoms with E-state index in [-0.39, 0.29) is 49.3 Å². The van der Waals surface area contributed by atoms with Gasteiger partial charge < -0.3 is 30.7 Å². The van der Waals surface area contributed by atoms with Gasteiger partial charge >= 0.3 is 0 Å². The summed E-state index contributed by atoms with van der Waals surface area (Å²) in [7, 11) is 0. The van der Waals surface area contributed by atoms with Crippen molar-refractivity contribution in [3.8, 4) is 10.4 Å². The lowest BCUT2D eigenvalue weighted by molar-refractivity contribution is -0.144. The number of carbonyl (C=O) groups excluding carboxylic acids is 3. The quantitative estimate of drug-likeness (QED) is 0.286. The first-order chi connectivity index (χ1) is 20.4. The van der Waals surface area contributed by atoms with E-state index in [0.29, 0.717) is 13.0 Å². The van der Waals surface area contributed by atoms with Gasteiger partial charge in [-0.3, -0.25) is 14.4 Å². The Kier molecular flexibility index (Phi) is 11.3. The van der Waals surface area contributed by atoms with E-state index in [0.717, 1.165) is 47.6 Å². The number of aryl methyl sites for hydroxylation is 1. The second-order valence-electron chi connectivity index (χ2n) is 12.8. The highest BCUT2D eigenvalue weighted by molar-refractivity contribution is 7.13. The summed E-state index contributed by atoms with van der Waals surface area (Å²) in [5.74, 6) is -0.914. The van der Waals surface area contributed by atoms with Gasteiger partial charge in [0.2, 0.25) is 17.7 Å². The number of hydrogen-bond donors (Lipinski definition) is 4. The normalized spacial score (nSPS) is 20.9. The first-order valence-electron chi connectivity index (χ1n) is 15.3. The van der Waals surface area contributed by atoms with E-state index in [4.69, 9.17) is 4.74 Å². The summed E-state index contributed by atoms with van der Waals surface area (Å²) in [6.45, 7) is 12.0. The number of thiazole rings is 1. The van der Waals surface area contributed by atoms with Crippen LogP contribution >= 0.6 is 11.3 Å². The van der Waals surface area contributed by atoms with Crippen LogP contribution in [0.25, 0.3) is 10.4 Å². The van der Waals surface area contributed by atoms with E-state index in [1.165, 1.54) is 4.90 Å². The van der Waals surface area contributed by atoms with E-state index in [2.05, 4.69) is 20.9 Å². The van der Waals surface area contributed by atoms with Gasteiger partial charge in [0.25, 0.3) is 0 Å². The summed E-state index contributed by atoms with van der Waals surface area (Å²) in [4.78, 5) is 47.1. The fourth-order valence-electron chi connectivity index (χ4n) is 5.69. The third-order valence-electron chi connectivity index (χ3n) is 8.25. The molecule has 43 heavy (non-hydrogen) atoms. The Morgan fingerprint density at radius 3 is 2.49 bits per heavy atom. The topological polar surface area (TPSA) is 133 Å². The highest BCUT2D eigenvalue weighted by atomic mass is 32.1. The van der Waals surface area contributed by atoms with Gasteiger partial charge in [0, 0.05) is 26.0 Å². The minimum Gasteiger partial charge on any atom is -0.391 e. The van der Waals surface area contributed by atoms with Crippen LogP contribution in [0.3, 0.4) is 0 Å². The molecule has 2 fully saturated rings. The van der Waals surface area contributed by atoms with Gasteiger partial charge in [-0.2, -0.15) is 0 Å². The molecule has 1 aromatic carbocycles. The molecule has 11 heteroatoms. The number of nitrogens with zero attached hydrogens (tertiary/aromatic N) is 2. The largest absolute Gasteiger partial charge is 0.391 e. The third kappa shape index (κ3) is 8.84. The summed E-state index contributed by atoms with van der Waals surface area (Å²) in [5.41, 5.74) is 4.21. The third-order valence-corrected chi connectivity index (χ3v) is 9.23. The number of amides is 3. The average Bonchev–Trinajstić information content (AvgIpc) is 3.59. The van der Waals surface area contributed by atoms with Gasteiger partial charge in [0.15, 0.2) is 0 Å². The molecule has 0 saturated carbocycles. The van der Waals surface area contributed by atoms with E-state index in [1.807, 2.05) is 64.4 Å². The molecular formula is C32H47N5O5S. The van der Waals surface area contributed by atoms with E-state index < -0.39 is 23.6 Å². The molecule has 2 saturated heterocycles. The number of aromatic nitrogens is 1. The van der Waals surface area contributed by atoms with Crippen molar-refractivity contribution in [1.29, 1.82) is 0 Å². The molecule has 236 valence electrons. The molecule has 0 spiro atoms. The predicted octanol–water partition coefficient (Wildman–Crippen LogP) is 3.34. The van der Waals surface area contributed by atoms with Crippen molar-refractivity contribution < 1.29 is 24.2 Å². The van der Waals surface area contributed by atoms with Gasteiger partial charge in [0.1, 0.15) is 12.1 Å². The van der Waals surface area contributed by atoms with Crippen LogP contribution in [0.5, 0.6) is 0 Å². The lowest BCUT2D eigenvalue weighted by atomic mass is 9.85. The van der Waals surface area contributed by atoms with Crippen LogP contribution in [-0.2, 0) is 19.1 Å². The Morgan fingerprint density at radius 2 is 1.86 bits per heavy atom. The number of β-amino-alcohol motifs (C(OH)–C–C–N with tert-alkyl or cyclic N) is 1. The molecule has 0 unspecified atom stereocenters. The molecule has 2 aromatic rings. The van der Waals surface area contributed by atoms with Crippen molar-refractivity contribution >= 4 is 29.1 Å². The minimum atomic E-state index is -0.842. The van der Waals surface area contributed by atoms with Gasteiger partial charge in [-0.1, -0.05) is 45.0 Å². The highest BCUT2D eigenvalue weighted by Crippen LogP contribution is 2.29. The van der Waals surface area contributed by atoms with Gasteiger partial charge in [-0.25, -0.2) is 4.98 Å². The molecule has 4 N–H and O–H groups in total. The van der Waals surface area contributed by atoms with Crippen LogP contribution in [0.15, 0.2) is 29.8 Å². The molecule has 3 heterocycles. The van der Waals surface area contributed by atoms with E-state index >= 15 is 0 Å². The van der Waals surface area contributed by atoms with Crippen molar-refractivity contribution in [1.82, 2.24) is 25.8 Å². The number of aliphatic hydroxyl groups is 1. The Bertz CT molecular complexity index is 1240. The lowest BCUT2D eigenvalue weighted by Crippen LogP contribution is -2.57. The van der Waals surface area contributed by atoms with Crippen LogP contribution in [0, 0.1) is 12.3 Å². The zero-order valence-corrected chi connectivity index (χ0v) is 26.8. The number of carbonyl (C=O) groups is 3. The molecule has 10 nitrogen and oxygen atoms in total.